The van der Waals surface area contributed by atoms with Crippen molar-refractivity contribution in [2.24, 2.45) is 0 Å². The minimum absolute atomic E-state index is 0.225. The molecule has 0 atom stereocenters. The molecule has 6 heteroatoms. The van der Waals surface area contributed by atoms with E-state index < -0.39 is 0 Å². The summed E-state index contributed by atoms with van der Waals surface area (Å²) in [5.41, 5.74) is 0.348. The van der Waals surface area contributed by atoms with Crippen LogP contribution in [0.3, 0.4) is 0 Å². The van der Waals surface area contributed by atoms with Crippen molar-refractivity contribution in [1.82, 2.24) is 4.98 Å². The van der Waals surface area contributed by atoms with Crippen molar-refractivity contribution in [3.8, 4) is 6.07 Å². The Morgan fingerprint density at radius 1 is 1.71 bits per heavy atom. The number of rotatable bonds is 5. The van der Waals surface area contributed by atoms with Crippen LogP contribution in [-0.4, -0.2) is 24.1 Å². The molecular formula is C11H12ClN3O2. The second-order valence-electron chi connectivity index (χ2n) is 3.11. The molecule has 0 aromatic carbocycles. The van der Waals surface area contributed by atoms with Gasteiger partial charge in [-0.25, -0.2) is 4.98 Å². The molecule has 1 N–H and O–H groups in total. The zero-order valence-corrected chi connectivity index (χ0v) is 10.1. The van der Waals surface area contributed by atoms with E-state index in [4.69, 9.17) is 21.6 Å². The molecule has 1 heterocycles. The summed E-state index contributed by atoms with van der Waals surface area (Å²) in [6, 6.07) is 3.48. The molecule has 1 aromatic rings. The van der Waals surface area contributed by atoms with Crippen molar-refractivity contribution in [3.63, 3.8) is 0 Å². The zero-order valence-electron chi connectivity index (χ0n) is 9.36. The predicted octanol–water partition coefficient (Wildman–Crippen LogP) is 1.97. The fourth-order valence-corrected chi connectivity index (χ4v) is 1.39. The van der Waals surface area contributed by atoms with E-state index in [1.54, 1.807) is 6.92 Å². The van der Waals surface area contributed by atoms with Gasteiger partial charge in [-0.2, -0.15) is 5.26 Å². The van der Waals surface area contributed by atoms with Crippen LogP contribution in [0.5, 0.6) is 0 Å². The number of aromatic nitrogens is 1. The maximum atomic E-state index is 11.1. The minimum atomic E-state index is -0.285. The van der Waals surface area contributed by atoms with Crippen LogP contribution in [0, 0.1) is 11.3 Å². The van der Waals surface area contributed by atoms with Gasteiger partial charge in [-0.15, -0.1) is 0 Å². The molecule has 0 aliphatic rings. The van der Waals surface area contributed by atoms with Crippen LogP contribution < -0.4 is 5.32 Å². The van der Waals surface area contributed by atoms with Crippen LogP contribution >= 0.6 is 11.6 Å². The maximum Gasteiger partial charge on any atom is 0.307 e. The van der Waals surface area contributed by atoms with Gasteiger partial charge in [0, 0.05) is 12.7 Å². The van der Waals surface area contributed by atoms with Crippen molar-refractivity contribution in [1.29, 1.82) is 5.26 Å². The topological polar surface area (TPSA) is 75.0 Å². The third-order valence-electron chi connectivity index (χ3n) is 1.94. The highest BCUT2D eigenvalue weighted by molar-refractivity contribution is 6.34. The number of anilines is 1. The molecule has 0 unspecified atom stereocenters. The molecule has 0 bridgehead atoms. The molecule has 0 aliphatic carbocycles. The number of pyridine rings is 1. The summed E-state index contributed by atoms with van der Waals surface area (Å²) in [5.74, 6) is 0.113. The SMILES string of the molecule is CCOC(=O)CCNc1nccc(C#N)c1Cl. The fourth-order valence-electron chi connectivity index (χ4n) is 1.17. The number of nitrogens with one attached hydrogen (secondary N) is 1. The number of hydrogen-bond acceptors (Lipinski definition) is 5. The Labute approximate surface area is 104 Å². The largest absolute Gasteiger partial charge is 0.466 e. The van der Waals surface area contributed by atoms with E-state index in [9.17, 15) is 4.79 Å². The molecule has 17 heavy (non-hydrogen) atoms. The van der Waals surface area contributed by atoms with E-state index in [-0.39, 0.29) is 17.4 Å². The maximum absolute atomic E-state index is 11.1. The summed E-state index contributed by atoms with van der Waals surface area (Å²) >= 11 is 5.92. The number of nitriles is 1. The van der Waals surface area contributed by atoms with Gasteiger partial charge in [-0.05, 0) is 13.0 Å². The number of ether oxygens (including phenoxy) is 1. The lowest BCUT2D eigenvalue weighted by Crippen LogP contribution is -2.12. The Kier molecular flexibility index (Phi) is 5.24. The molecule has 0 spiro atoms. The number of esters is 1. The highest BCUT2D eigenvalue weighted by atomic mass is 35.5. The summed E-state index contributed by atoms with van der Waals surface area (Å²) in [4.78, 5) is 15.1. The first-order valence-corrected chi connectivity index (χ1v) is 5.51. The van der Waals surface area contributed by atoms with E-state index in [1.807, 2.05) is 6.07 Å². The van der Waals surface area contributed by atoms with Crippen LogP contribution in [0.4, 0.5) is 5.82 Å². The summed E-state index contributed by atoms with van der Waals surface area (Å²) in [6.45, 7) is 2.47. The third-order valence-corrected chi connectivity index (χ3v) is 2.32. The third kappa shape index (κ3) is 3.93. The van der Waals surface area contributed by atoms with Crippen molar-refractivity contribution in [3.05, 3.63) is 22.8 Å². The first-order valence-electron chi connectivity index (χ1n) is 5.13. The summed E-state index contributed by atoms with van der Waals surface area (Å²) in [7, 11) is 0. The van der Waals surface area contributed by atoms with E-state index in [0.29, 0.717) is 24.5 Å². The Balaban J connectivity index is 2.53. The minimum Gasteiger partial charge on any atom is -0.466 e. The van der Waals surface area contributed by atoms with Gasteiger partial charge in [0.1, 0.15) is 16.9 Å². The summed E-state index contributed by atoms with van der Waals surface area (Å²) in [6.07, 6.45) is 1.71. The molecule has 0 aliphatic heterocycles. The monoisotopic (exact) mass is 253 g/mol. The van der Waals surface area contributed by atoms with Gasteiger partial charge in [0.05, 0.1) is 18.6 Å². The second kappa shape index (κ2) is 6.71. The Hall–Kier alpha value is -1.80. The molecule has 90 valence electrons. The number of carbonyl (C=O) groups is 1. The quantitative estimate of drug-likeness (QED) is 0.812. The van der Waals surface area contributed by atoms with E-state index in [0.717, 1.165) is 0 Å². The molecule has 0 radical (unpaired) electrons. The molecule has 1 rings (SSSR count). The van der Waals surface area contributed by atoms with Crippen LogP contribution in [-0.2, 0) is 9.53 Å². The number of halogens is 1. The van der Waals surface area contributed by atoms with Gasteiger partial charge in [0.2, 0.25) is 0 Å². The first-order chi connectivity index (χ1) is 8.19. The van der Waals surface area contributed by atoms with Gasteiger partial charge in [-0.1, -0.05) is 11.6 Å². The lowest BCUT2D eigenvalue weighted by atomic mass is 10.3. The molecular weight excluding hydrogens is 242 g/mol. The van der Waals surface area contributed by atoms with Crippen molar-refractivity contribution in [2.75, 3.05) is 18.5 Å². The Morgan fingerprint density at radius 3 is 3.12 bits per heavy atom. The van der Waals surface area contributed by atoms with Crippen molar-refractivity contribution < 1.29 is 9.53 Å². The molecule has 0 saturated carbocycles. The average molecular weight is 254 g/mol. The van der Waals surface area contributed by atoms with E-state index in [1.165, 1.54) is 12.3 Å². The molecule has 5 nitrogen and oxygen atoms in total. The van der Waals surface area contributed by atoms with Gasteiger partial charge in [-0.3, -0.25) is 4.79 Å². The van der Waals surface area contributed by atoms with Gasteiger partial charge in [0.15, 0.2) is 0 Å². The van der Waals surface area contributed by atoms with Gasteiger partial charge in [0.25, 0.3) is 0 Å². The van der Waals surface area contributed by atoms with Gasteiger partial charge >= 0.3 is 5.97 Å². The van der Waals surface area contributed by atoms with Gasteiger partial charge < -0.3 is 10.1 Å². The predicted molar refractivity (Wildman–Crippen MR) is 63.7 cm³/mol. The highest BCUT2D eigenvalue weighted by Gasteiger charge is 2.07. The Bertz CT molecular complexity index is 443. The van der Waals surface area contributed by atoms with Crippen LogP contribution in [0.2, 0.25) is 5.02 Å². The lowest BCUT2D eigenvalue weighted by Gasteiger charge is -2.07. The Morgan fingerprint density at radius 2 is 2.47 bits per heavy atom. The fraction of sp³-hybridized carbons (Fsp3) is 0.364. The van der Waals surface area contributed by atoms with E-state index in [2.05, 4.69) is 10.3 Å². The zero-order chi connectivity index (χ0) is 12.7. The summed E-state index contributed by atoms with van der Waals surface area (Å²) in [5, 5.41) is 11.9. The van der Waals surface area contributed by atoms with Crippen LogP contribution in [0.25, 0.3) is 0 Å². The van der Waals surface area contributed by atoms with Crippen LogP contribution in [0.1, 0.15) is 18.9 Å². The van der Waals surface area contributed by atoms with Crippen molar-refractivity contribution >= 4 is 23.4 Å². The lowest BCUT2D eigenvalue weighted by molar-refractivity contribution is -0.142. The number of nitrogens with zero attached hydrogens (tertiary/aromatic N) is 2. The second-order valence-corrected chi connectivity index (χ2v) is 3.49. The first kappa shape index (κ1) is 13.3. The molecule has 0 saturated heterocycles. The normalized spacial score (nSPS) is 9.47. The highest BCUT2D eigenvalue weighted by Crippen LogP contribution is 2.22. The molecule has 0 fully saturated rings. The molecule has 1 aromatic heterocycles. The van der Waals surface area contributed by atoms with Crippen molar-refractivity contribution in [2.45, 2.75) is 13.3 Å². The molecule has 0 amide bonds. The number of carbonyl (C=O) groups excluding carboxylic acids is 1. The average Bonchev–Trinajstić information content (AvgIpc) is 2.32. The van der Waals surface area contributed by atoms with E-state index >= 15 is 0 Å². The van der Waals surface area contributed by atoms with Crippen LogP contribution in [0.15, 0.2) is 12.3 Å². The standard InChI is InChI=1S/C11H12ClN3O2/c1-2-17-9(16)4-6-15-11-10(12)8(7-13)3-5-14-11/h3,5H,2,4,6H2,1H3,(H,14,15). The number of hydrogen-bond donors (Lipinski definition) is 1. The smallest absolute Gasteiger partial charge is 0.307 e. The summed E-state index contributed by atoms with van der Waals surface area (Å²) < 4.78 is 4.77.